The Morgan fingerprint density at radius 2 is 1.52 bits per heavy atom. The highest BCUT2D eigenvalue weighted by Gasteiger charge is 2.42. The summed E-state index contributed by atoms with van der Waals surface area (Å²) in [5.41, 5.74) is 3.56. The quantitative estimate of drug-likeness (QED) is 0.150. The zero-order valence-corrected chi connectivity index (χ0v) is 28.0. The number of aliphatic hydroxyl groups excluding tert-OH is 1. The van der Waals surface area contributed by atoms with Gasteiger partial charge in [0, 0.05) is 20.0 Å². The summed E-state index contributed by atoms with van der Waals surface area (Å²) >= 11 is 0. The molecule has 0 saturated carbocycles. The van der Waals surface area contributed by atoms with Crippen molar-refractivity contribution in [3.8, 4) is 11.5 Å². The maximum atomic E-state index is 13.8. The molecule has 10 nitrogen and oxygen atoms in total. The van der Waals surface area contributed by atoms with Gasteiger partial charge in [0.05, 0.1) is 33.3 Å². The Kier molecular flexibility index (Phi) is 9.44. The fraction of sp³-hybridized carbons (Fsp3) is 0.256. The van der Waals surface area contributed by atoms with Gasteiger partial charge < -0.3 is 29.0 Å². The van der Waals surface area contributed by atoms with E-state index in [0.29, 0.717) is 29.9 Å². The summed E-state index contributed by atoms with van der Waals surface area (Å²) in [5.74, 6) is 1.76. The van der Waals surface area contributed by atoms with E-state index in [0.717, 1.165) is 33.8 Å². The maximum absolute atomic E-state index is 13.8. The number of rotatable bonds is 12. The lowest BCUT2D eigenvalue weighted by Crippen LogP contribution is -2.38. The molecule has 0 bridgehead atoms. The Balaban J connectivity index is 1.18. The highest BCUT2D eigenvalue weighted by molar-refractivity contribution is 5.83. The second-order valence-electron chi connectivity index (χ2n) is 12.3. The molecular weight excluding hydrogens is 637 g/mol. The lowest BCUT2D eigenvalue weighted by atomic mass is 9.80. The van der Waals surface area contributed by atoms with E-state index in [9.17, 15) is 9.50 Å². The van der Waals surface area contributed by atoms with Crippen LogP contribution in [0.4, 0.5) is 10.2 Å². The average Bonchev–Trinajstić information content (AvgIpc) is 3.75. The number of nitrogens with zero attached hydrogens (tertiary/aromatic N) is 5. The number of hydrogen-bond donors (Lipinski definition) is 1. The van der Waals surface area contributed by atoms with Crippen LogP contribution >= 0.6 is 0 Å². The molecule has 6 aromatic rings. The zero-order valence-electron chi connectivity index (χ0n) is 28.0. The molecule has 256 valence electrons. The molecule has 7 rings (SSSR count). The van der Waals surface area contributed by atoms with Crippen LogP contribution in [0, 0.1) is 5.82 Å². The van der Waals surface area contributed by atoms with Crippen LogP contribution in [0.1, 0.15) is 34.9 Å². The number of imidazole rings is 1. The summed E-state index contributed by atoms with van der Waals surface area (Å²) in [7, 11) is 5.14. The van der Waals surface area contributed by atoms with Gasteiger partial charge in [-0.1, -0.05) is 66.7 Å². The molecule has 0 unspecified atom stereocenters. The first-order valence-electron chi connectivity index (χ1n) is 16.3. The fourth-order valence-corrected chi connectivity index (χ4v) is 6.63. The number of hydrogen-bond acceptors (Lipinski definition) is 9. The van der Waals surface area contributed by atoms with E-state index in [1.807, 2.05) is 101 Å². The van der Waals surface area contributed by atoms with Gasteiger partial charge >= 0.3 is 0 Å². The molecule has 2 aromatic heterocycles. The van der Waals surface area contributed by atoms with E-state index < -0.39 is 24.0 Å². The van der Waals surface area contributed by atoms with Crippen LogP contribution in [0.5, 0.6) is 11.5 Å². The molecule has 1 fully saturated rings. The topological polar surface area (TPSA) is 104 Å². The van der Waals surface area contributed by atoms with Crippen molar-refractivity contribution < 1.29 is 28.4 Å². The van der Waals surface area contributed by atoms with Crippen LogP contribution in [0.25, 0.3) is 11.2 Å². The molecule has 11 heteroatoms. The van der Waals surface area contributed by atoms with Crippen molar-refractivity contribution in [2.24, 2.45) is 0 Å². The first-order valence-corrected chi connectivity index (χ1v) is 16.3. The van der Waals surface area contributed by atoms with Gasteiger partial charge in [-0.2, -0.15) is 0 Å². The number of halogens is 1. The van der Waals surface area contributed by atoms with Gasteiger partial charge in [-0.15, -0.1) is 0 Å². The normalized spacial score (nSPS) is 17.6. The number of methoxy groups -OCH3 is 2. The largest absolute Gasteiger partial charge is 0.497 e. The predicted molar refractivity (Wildman–Crippen MR) is 187 cm³/mol. The Labute approximate surface area is 289 Å². The zero-order chi connectivity index (χ0) is 34.7. The Bertz CT molecular complexity index is 1990. The minimum Gasteiger partial charge on any atom is -0.497 e. The first-order chi connectivity index (χ1) is 24.4. The summed E-state index contributed by atoms with van der Waals surface area (Å²) in [6, 6.07) is 32.1. The fourth-order valence-electron chi connectivity index (χ4n) is 6.63. The van der Waals surface area contributed by atoms with Crippen LogP contribution in [0.3, 0.4) is 0 Å². The molecular formula is C39H38FN5O5. The molecule has 0 spiro atoms. The van der Waals surface area contributed by atoms with Crippen molar-refractivity contribution in [1.82, 2.24) is 19.5 Å². The summed E-state index contributed by atoms with van der Waals surface area (Å²) in [5, 5.41) is 11.4. The molecule has 50 heavy (non-hydrogen) atoms. The monoisotopic (exact) mass is 675 g/mol. The van der Waals surface area contributed by atoms with Crippen LogP contribution in [0.2, 0.25) is 0 Å². The van der Waals surface area contributed by atoms with E-state index >= 15 is 0 Å². The average molecular weight is 676 g/mol. The second kappa shape index (κ2) is 14.2. The van der Waals surface area contributed by atoms with Crippen molar-refractivity contribution in [2.45, 2.75) is 37.0 Å². The van der Waals surface area contributed by atoms with E-state index in [-0.39, 0.29) is 12.4 Å². The molecule has 1 N–H and O–H groups in total. The van der Waals surface area contributed by atoms with E-state index in [4.69, 9.17) is 18.9 Å². The van der Waals surface area contributed by atoms with Gasteiger partial charge in [-0.05, 0) is 58.7 Å². The summed E-state index contributed by atoms with van der Waals surface area (Å²) in [6.45, 7) is 0.508. The van der Waals surface area contributed by atoms with E-state index in [1.54, 1.807) is 26.6 Å². The minimum absolute atomic E-state index is 0.0772. The van der Waals surface area contributed by atoms with Gasteiger partial charge in [-0.25, -0.2) is 19.3 Å². The van der Waals surface area contributed by atoms with Crippen LogP contribution in [-0.4, -0.2) is 64.7 Å². The number of aromatic nitrogens is 4. The number of fused-ring (bicyclic) bond motifs is 1. The summed E-state index contributed by atoms with van der Waals surface area (Å²) < 4.78 is 40.1. The predicted octanol–water partition coefficient (Wildman–Crippen LogP) is 6.28. The summed E-state index contributed by atoms with van der Waals surface area (Å²) in [6.07, 6.45) is 1.41. The lowest BCUT2D eigenvalue weighted by Gasteiger charge is -2.37. The number of aliphatic hydroxyl groups is 1. The Morgan fingerprint density at radius 3 is 2.16 bits per heavy atom. The number of benzene rings is 4. The van der Waals surface area contributed by atoms with Crippen molar-refractivity contribution in [2.75, 3.05) is 32.8 Å². The molecule has 3 heterocycles. The number of anilines is 1. The van der Waals surface area contributed by atoms with Crippen LogP contribution in [0.15, 0.2) is 116 Å². The first kappa shape index (κ1) is 33.2. The smallest absolute Gasteiger partial charge is 0.167 e. The third-order valence-electron chi connectivity index (χ3n) is 9.16. The highest BCUT2D eigenvalue weighted by atomic mass is 19.1. The molecule has 3 atom stereocenters. The van der Waals surface area contributed by atoms with E-state index in [2.05, 4.69) is 15.0 Å². The molecule has 0 radical (unpaired) electrons. The van der Waals surface area contributed by atoms with Gasteiger partial charge in [0.15, 0.2) is 17.0 Å². The molecule has 1 aliphatic heterocycles. The molecule has 0 amide bonds. The third-order valence-corrected chi connectivity index (χ3v) is 9.16. The molecule has 1 aliphatic rings. The van der Waals surface area contributed by atoms with Crippen molar-refractivity contribution >= 4 is 17.0 Å². The van der Waals surface area contributed by atoms with Crippen molar-refractivity contribution in [1.29, 1.82) is 0 Å². The molecule has 4 aromatic carbocycles. The van der Waals surface area contributed by atoms with E-state index in [1.165, 1.54) is 18.5 Å². The SMILES string of the molecule is COc1ccc(C(OC[C@H]2O[C@@H](n3cnc4c(N(C)Cc5cccc(F)c5)ncnc43)C[C@@H]2O)(c2ccccc2)c2ccc(OC)cc2)cc1. The van der Waals surface area contributed by atoms with Gasteiger partial charge in [0.2, 0.25) is 0 Å². The van der Waals surface area contributed by atoms with Gasteiger partial charge in [-0.3, -0.25) is 4.57 Å². The van der Waals surface area contributed by atoms with Crippen LogP contribution in [-0.2, 0) is 21.6 Å². The standard InChI is InChI=1S/C39H38FN5O5/c1-44(22-26-8-7-11-30(40)20-26)37-36-38(42-24-41-37)45(25-43-36)35-21-33(46)34(50-35)23-49-39(27-9-5-4-6-10-27,28-12-16-31(47-2)17-13-28)29-14-18-32(48-3)19-15-29/h4-20,24-25,33-35,46H,21-23H2,1-3H3/t33-,34+,35+/m0/s1. The molecule has 1 saturated heterocycles. The van der Waals surface area contributed by atoms with Gasteiger partial charge in [0.25, 0.3) is 0 Å². The summed E-state index contributed by atoms with van der Waals surface area (Å²) in [4.78, 5) is 15.5. The molecule has 0 aliphatic carbocycles. The van der Waals surface area contributed by atoms with Crippen LogP contribution < -0.4 is 14.4 Å². The van der Waals surface area contributed by atoms with Gasteiger partial charge in [0.1, 0.15) is 41.6 Å². The Hall–Kier alpha value is -5.36. The third kappa shape index (κ3) is 6.38. The number of ether oxygens (including phenoxy) is 4. The highest BCUT2D eigenvalue weighted by Crippen LogP contribution is 2.43. The minimum atomic E-state index is -1.06. The van der Waals surface area contributed by atoms with Crippen molar-refractivity contribution in [3.05, 3.63) is 144 Å². The van der Waals surface area contributed by atoms with Crippen molar-refractivity contribution in [3.63, 3.8) is 0 Å². The second-order valence-corrected chi connectivity index (χ2v) is 12.3. The lowest BCUT2D eigenvalue weighted by molar-refractivity contribution is -0.0931. The maximum Gasteiger partial charge on any atom is 0.167 e. The Morgan fingerprint density at radius 1 is 0.860 bits per heavy atom.